The molecular weight excluding hydrogens is 395 g/mol. The van der Waals surface area contributed by atoms with Crippen LogP contribution in [0.5, 0.6) is 0 Å². The number of sulfonamides is 1. The second-order valence-electron chi connectivity index (χ2n) is 6.03. The molecule has 0 aliphatic heterocycles. The monoisotopic (exact) mass is 414 g/mol. The van der Waals surface area contributed by atoms with E-state index in [4.69, 9.17) is 23.2 Å². The normalized spacial score (nSPS) is 11.6. The van der Waals surface area contributed by atoms with Gasteiger partial charge >= 0.3 is 0 Å². The van der Waals surface area contributed by atoms with Crippen molar-refractivity contribution in [3.8, 4) is 0 Å². The van der Waals surface area contributed by atoms with Crippen LogP contribution in [0.3, 0.4) is 0 Å². The lowest BCUT2D eigenvalue weighted by Gasteiger charge is -2.13. The van der Waals surface area contributed by atoms with Crippen LogP contribution in [0.25, 0.3) is 0 Å². The molecule has 0 fully saturated rings. The maximum Gasteiger partial charge on any atom is 0.252 e. The van der Waals surface area contributed by atoms with E-state index in [1.54, 1.807) is 13.8 Å². The number of benzene rings is 2. The fourth-order valence-corrected chi connectivity index (χ4v) is 4.45. The molecule has 8 heteroatoms. The fourth-order valence-electron chi connectivity index (χ4n) is 2.34. The van der Waals surface area contributed by atoms with Gasteiger partial charge in [0.1, 0.15) is 4.90 Å². The summed E-state index contributed by atoms with van der Waals surface area (Å²) in [5.41, 5.74) is 1.15. The van der Waals surface area contributed by atoms with E-state index in [9.17, 15) is 13.2 Å². The van der Waals surface area contributed by atoms with Crippen LogP contribution in [0.2, 0.25) is 10.0 Å². The second-order valence-corrected chi connectivity index (χ2v) is 8.53. The molecule has 2 aromatic rings. The Kier molecular flexibility index (Phi) is 7.06. The summed E-state index contributed by atoms with van der Waals surface area (Å²) < 4.78 is 27.2. The Labute approximate surface area is 163 Å². The Morgan fingerprint density at radius 2 is 1.73 bits per heavy atom. The molecule has 2 aromatic carbocycles. The summed E-state index contributed by atoms with van der Waals surface area (Å²) in [6.45, 7) is 3.78. The van der Waals surface area contributed by atoms with E-state index in [-0.39, 0.29) is 26.5 Å². The standard InChI is InChI=1S/C18H20Cl2N2O3S/c1-12(2)22-26(24,25)17-10-14(15(19)11-16(17)20)18(23)21-9-8-13-6-4-3-5-7-13/h3-7,10-12,22H,8-9H2,1-2H3,(H,21,23). The SMILES string of the molecule is CC(C)NS(=O)(=O)c1cc(C(=O)NCCc2ccccc2)c(Cl)cc1Cl. The van der Waals surface area contributed by atoms with Crippen LogP contribution in [-0.2, 0) is 16.4 Å². The first-order valence-corrected chi connectivity index (χ1v) is 10.3. The minimum atomic E-state index is -3.85. The van der Waals surface area contributed by atoms with Gasteiger partial charge in [0.05, 0.1) is 15.6 Å². The molecule has 5 nitrogen and oxygen atoms in total. The molecule has 0 atom stereocenters. The number of amides is 1. The van der Waals surface area contributed by atoms with Gasteiger partial charge in [-0.3, -0.25) is 4.79 Å². The third-order valence-corrected chi connectivity index (χ3v) is 5.92. The Bertz CT molecular complexity index is 885. The van der Waals surface area contributed by atoms with Crippen LogP contribution < -0.4 is 10.0 Å². The van der Waals surface area contributed by atoms with Crippen molar-refractivity contribution in [2.75, 3.05) is 6.54 Å². The summed E-state index contributed by atoms with van der Waals surface area (Å²) in [5.74, 6) is -0.455. The van der Waals surface area contributed by atoms with Crippen LogP contribution in [0.4, 0.5) is 0 Å². The van der Waals surface area contributed by atoms with Gasteiger partial charge in [-0.05, 0) is 38.0 Å². The Morgan fingerprint density at radius 3 is 2.35 bits per heavy atom. The highest BCUT2D eigenvalue weighted by molar-refractivity contribution is 7.89. The van der Waals surface area contributed by atoms with Gasteiger partial charge in [0.2, 0.25) is 10.0 Å². The lowest BCUT2D eigenvalue weighted by atomic mass is 10.1. The number of hydrogen-bond donors (Lipinski definition) is 2. The number of carbonyl (C=O) groups is 1. The zero-order valence-electron chi connectivity index (χ0n) is 14.4. The predicted octanol–water partition coefficient (Wildman–Crippen LogP) is 3.65. The van der Waals surface area contributed by atoms with Crippen molar-refractivity contribution in [3.05, 3.63) is 63.6 Å². The molecule has 0 heterocycles. The first kappa shape index (κ1) is 20.7. The Morgan fingerprint density at radius 1 is 1.08 bits per heavy atom. The first-order chi connectivity index (χ1) is 12.2. The van der Waals surface area contributed by atoms with Crippen LogP contribution in [-0.4, -0.2) is 26.9 Å². The lowest BCUT2D eigenvalue weighted by Crippen LogP contribution is -2.31. The molecule has 2 rings (SSSR count). The summed E-state index contributed by atoms with van der Waals surface area (Å²) in [6.07, 6.45) is 0.651. The molecule has 0 saturated carbocycles. The first-order valence-electron chi connectivity index (χ1n) is 8.04. The zero-order valence-corrected chi connectivity index (χ0v) is 16.8. The molecule has 1 amide bonds. The van der Waals surface area contributed by atoms with Crippen LogP contribution in [0.15, 0.2) is 47.4 Å². The highest BCUT2D eigenvalue weighted by atomic mass is 35.5. The topological polar surface area (TPSA) is 75.3 Å². The Hall–Kier alpha value is -1.60. The molecule has 0 radical (unpaired) electrons. The minimum absolute atomic E-state index is 0.0380. The van der Waals surface area contributed by atoms with Crippen LogP contribution in [0.1, 0.15) is 29.8 Å². The third kappa shape index (κ3) is 5.45. The number of halogens is 2. The van der Waals surface area contributed by atoms with Crippen molar-refractivity contribution < 1.29 is 13.2 Å². The molecule has 26 heavy (non-hydrogen) atoms. The van der Waals surface area contributed by atoms with E-state index in [1.807, 2.05) is 30.3 Å². The summed E-state index contributed by atoms with van der Waals surface area (Å²) in [5, 5.41) is 2.80. The number of hydrogen-bond acceptors (Lipinski definition) is 3. The molecule has 0 aromatic heterocycles. The van der Waals surface area contributed by atoms with Crippen molar-refractivity contribution >= 4 is 39.1 Å². The van der Waals surface area contributed by atoms with E-state index in [0.717, 1.165) is 5.56 Å². The molecular formula is C18H20Cl2N2O3S. The Balaban J connectivity index is 2.18. The molecule has 0 unspecified atom stereocenters. The largest absolute Gasteiger partial charge is 0.352 e. The smallest absolute Gasteiger partial charge is 0.252 e. The van der Waals surface area contributed by atoms with Gasteiger partial charge in [0.25, 0.3) is 5.91 Å². The number of rotatable bonds is 7. The molecule has 2 N–H and O–H groups in total. The van der Waals surface area contributed by atoms with Gasteiger partial charge in [-0.15, -0.1) is 0 Å². The van der Waals surface area contributed by atoms with Crippen molar-refractivity contribution in [2.24, 2.45) is 0 Å². The predicted molar refractivity (Wildman–Crippen MR) is 104 cm³/mol. The van der Waals surface area contributed by atoms with Gasteiger partial charge in [-0.2, -0.15) is 0 Å². The van der Waals surface area contributed by atoms with Gasteiger partial charge in [-0.25, -0.2) is 13.1 Å². The van der Waals surface area contributed by atoms with Crippen LogP contribution in [0, 0.1) is 0 Å². The van der Waals surface area contributed by atoms with E-state index in [0.29, 0.717) is 13.0 Å². The van der Waals surface area contributed by atoms with Crippen molar-refractivity contribution in [1.82, 2.24) is 10.0 Å². The lowest BCUT2D eigenvalue weighted by molar-refractivity contribution is 0.0954. The maximum atomic E-state index is 12.4. The van der Waals surface area contributed by atoms with E-state index >= 15 is 0 Å². The van der Waals surface area contributed by atoms with Crippen molar-refractivity contribution in [2.45, 2.75) is 31.2 Å². The van der Waals surface area contributed by atoms with Gasteiger partial charge in [-0.1, -0.05) is 53.5 Å². The molecule has 0 saturated heterocycles. The summed E-state index contributed by atoms with van der Waals surface area (Å²) in [7, 11) is -3.85. The summed E-state index contributed by atoms with van der Waals surface area (Å²) in [6, 6.07) is 11.8. The quantitative estimate of drug-likeness (QED) is 0.725. The van der Waals surface area contributed by atoms with Gasteiger partial charge in [0.15, 0.2) is 0 Å². The third-order valence-electron chi connectivity index (χ3n) is 3.49. The van der Waals surface area contributed by atoms with E-state index in [1.165, 1.54) is 12.1 Å². The summed E-state index contributed by atoms with van der Waals surface area (Å²) in [4.78, 5) is 12.2. The maximum absolute atomic E-state index is 12.4. The molecule has 0 spiro atoms. The number of carbonyl (C=O) groups excluding carboxylic acids is 1. The molecule has 0 aliphatic carbocycles. The van der Waals surface area contributed by atoms with Gasteiger partial charge < -0.3 is 5.32 Å². The van der Waals surface area contributed by atoms with E-state index < -0.39 is 15.9 Å². The average Bonchev–Trinajstić information content (AvgIpc) is 2.54. The summed E-state index contributed by atoms with van der Waals surface area (Å²) >= 11 is 12.1. The van der Waals surface area contributed by atoms with Crippen molar-refractivity contribution in [1.29, 1.82) is 0 Å². The number of nitrogens with one attached hydrogen (secondary N) is 2. The molecule has 140 valence electrons. The van der Waals surface area contributed by atoms with Crippen LogP contribution >= 0.6 is 23.2 Å². The van der Waals surface area contributed by atoms with E-state index in [2.05, 4.69) is 10.0 Å². The molecule has 0 bridgehead atoms. The fraction of sp³-hybridized carbons (Fsp3) is 0.278. The zero-order chi connectivity index (χ0) is 19.3. The highest BCUT2D eigenvalue weighted by Crippen LogP contribution is 2.28. The highest BCUT2D eigenvalue weighted by Gasteiger charge is 2.23. The average molecular weight is 415 g/mol. The minimum Gasteiger partial charge on any atom is -0.352 e. The second kappa shape index (κ2) is 8.86. The van der Waals surface area contributed by atoms with Crippen molar-refractivity contribution in [3.63, 3.8) is 0 Å². The molecule has 0 aliphatic rings. The van der Waals surface area contributed by atoms with Gasteiger partial charge in [0, 0.05) is 12.6 Å².